The first-order valence-electron chi connectivity index (χ1n) is 12.4. The second-order valence-corrected chi connectivity index (χ2v) is 11.4. The van der Waals surface area contributed by atoms with Gasteiger partial charge in [-0.2, -0.15) is 0 Å². The van der Waals surface area contributed by atoms with Crippen LogP contribution in [0.1, 0.15) is 77.2 Å². The molecule has 2 heteroatoms. The van der Waals surface area contributed by atoms with Gasteiger partial charge in [0.1, 0.15) is 0 Å². The highest BCUT2D eigenvalue weighted by molar-refractivity contribution is 5.96. The maximum Gasteiger partial charge on any atom is 0.159 e. The van der Waals surface area contributed by atoms with Crippen LogP contribution in [0.4, 0.5) is 0 Å². The van der Waals surface area contributed by atoms with Crippen LogP contribution in [0.15, 0.2) is 36.4 Å². The molecule has 8 unspecified atom stereocenters. The molecule has 30 heavy (non-hydrogen) atoms. The van der Waals surface area contributed by atoms with Gasteiger partial charge in [-0.1, -0.05) is 50.3 Å². The maximum absolute atomic E-state index is 13.3. The minimum atomic E-state index is -0.0710. The molecule has 1 aromatic carbocycles. The van der Waals surface area contributed by atoms with Crippen LogP contribution in [0, 0.1) is 40.4 Å². The summed E-state index contributed by atoms with van der Waals surface area (Å²) in [5.74, 6) is 3.55. The number of hydrogen-bond acceptors (Lipinski definition) is 2. The molecule has 0 aromatic heterocycles. The fourth-order valence-corrected chi connectivity index (χ4v) is 8.56. The SMILES string of the molecule is CC12CCC(O)CC1CCC1C2CCC2(C)C(C(=O)/C=C/c3ccccc3)CCC12. The first-order valence-corrected chi connectivity index (χ1v) is 12.4. The average Bonchev–Trinajstić information content (AvgIpc) is 3.10. The minimum absolute atomic E-state index is 0.0710. The van der Waals surface area contributed by atoms with E-state index >= 15 is 0 Å². The lowest BCUT2D eigenvalue weighted by atomic mass is 9.44. The Hall–Kier alpha value is -1.41. The van der Waals surface area contributed by atoms with Crippen molar-refractivity contribution in [2.45, 2.75) is 77.7 Å². The fourth-order valence-electron chi connectivity index (χ4n) is 8.56. The Morgan fingerprint density at radius 1 is 0.933 bits per heavy atom. The van der Waals surface area contributed by atoms with Gasteiger partial charge >= 0.3 is 0 Å². The summed E-state index contributed by atoms with van der Waals surface area (Å²) in [7, 11) is 0. The van der Waals surface area contributed by atoms with Crippen molar-refractivity contribution in [1.82, 2.24) is 0 Å². The van der Waals surface area contributed by atoms with Gasteiger partial charge in [-0.05, 0) is 104 Å². The molecule has 1 aromatic rings. The van der Waals surface area contributed by atoms with Gasteiger partial charge in [0.05, 0.1) is 6.10 Å². The second kappa shape index (κ2) is 7.62. The minimum Gasteiger partial charge on any atom is -0.393 e. The van der Waals surface area contributed by atoms with Gasteiger partial charge in [-0.15, -0.1) is 0 Å². The number of allylic oxidation sites excluding steroid dienone is 1. The molecule has 2 nitrogen and oxygen atoms in total. The number of rotatable bonds is 3. The largest absolute Gasteiger partial charge is 0.393 e. The van der Waals surface area contributed by atoms with E-state index < -0.39 is 0 Å². The third-order valence-electron chi connectivity index (χ3n) is 10.2. The summed E-state index contributed by atoms with van der Waals surface area (Å²) in [6.07, 6.45) is 14.4. The smallest absolute Gasteiger partial charge is 0.159 e. The Morgan fingerprint density at radius 3 is 2.47 bits per heavy atom. The lowest BCUT2D eigenvalue weighted by molar-refractivity contribution is -0.136. The molecule has 0 bridgehead atoms. The van der Waals surface area contributed by atoms with Gasteiger partial charge in [0, 0.05) is 5.92 Å². The zero-order valence-corrected chi connectivity index (χ0v) is 18.7. The van der Waals surface area contributed by atoms with E-state index in [-0.39, 0.29) is 17.4 Å². The van der Waals surface area contributed by atoms with E-state index in [0.717, 1.165) is 36.7 Å². The quantitative estimate of drug-likeness (QED) is 0.599. The highest BCUT2D eigenvalue weighted by Gasteiger charge is 2.60. The van der Waals surface area contributed by atoms with Crippen LogP contribution in [0.3, 0.4) is 0 Å². The van der Waals surface area contributed by atoms with E-state index in [1.807, 2.05) is 30.4 Å². The normalized spacial score (nSPS) is 45.6. The highest BCUT2D eigenvalue weighted by atomic mass is 16.3. The molecule has 4 aliphatic carbocycles. The fraction of sp³-hybridized carbons (Fsp3) is 0.679. The molecule has 0 spiro atoms. The van der Waals surface area contributed by atoms with E-state index in [1.54, 1.807) is 0 Å². The predicted molar refractivity (Wildman–Crippen MR) is 122 cm³/mol. The first kappa shape index (κ1) is 20.5. The Labute approximate surface area is 182 Å². The van der Waals surface area contributed by atoms with Crippen LogP contribution in [-0.2, 0) is 4.79 Å². The average molecular weight is 407 g/mol. The van der Waals surface area contributed by atoms with Gasteiger partial charge in [0.25, 0.3) is 0 Å². The number of benzene rings is 1. The lowest BCUT2D eigenvalue weighted by Crippen LogP contribution is -2.54. The summed E-state index contributed by atoms with van der Waals surface area (Å²) in [6.45, 7) is 4.99. The number of aliphatic hydroxyl groups is 1. The maximum atomic E-state index is 13.3. The standard InChI is InChI=1S/C28H38O2/c1-27-16-14-21(29)18-20(27)9-10-22-23-11-12-25(28(23,2)17-15-24(22)27)26(30)13-8-19-6-4-3-5-7-19/h3-8,13,20-25,29H,9-12,14-18H2,1-2H3/b13-8+. The van der Waals surface area contributed by atoms with Crippen LogP contribution in [0.2, 0.25) is 0 Å². The van der Waals surface area contributed by atoms with Gasteiger partial charge in [0.2, 0.25) is 0 Å². The van der Waals surface area contributed by atoms with E-state index in [2.05, 4.69) is 26.0 Å². The van der Waals surface area contributed by atoms with Crippen molar-refractivity contribution in [1.29, 1.82) is 0 Å². The van der Waals surface area contributed by atoms with Crippen LogP contribution >= 0.6 is 0 Å². The molecule has 5 rings (SSSR count). The molecule has 1 N–H and O–H groups in total. The van der Waals surface area contributed by atoms with Crippen LogP contribution in [0.5, 0.6) is 0 Å². The summed E-state index contributed by atoms with van der Waals surface area (Å²) < 4.78 is 0. The van der Waals surface area contributed by atoms with Gasteiger partial charge in [-0.3, -0.25) is 4.79 Å². The van der Waals surface area contributed by atoms with Crippen LogP contribution < -0.4 is 0 Å². The van der Waals surface area contributed by atoms with Crippen molar-refractivity contribution in [3.63, 3.8) is 0 Å². The molecule has 0 heterocycles. The molecule has 0 saturated heterocycles. The van der Waals surface area contributed by atoms with Crippen molar-refractivity contribution in [2.75, 3.05) is 0 Å². The van der Waals surface area contributed by atoms with Crippen molar-refractivity contribution >= 4 is 11.9 Å². The highest BCUT2D eigenvalue weighted by Crippen LogP contribution is 2.67. The number of fused-ring (bicyclic) bond motifs is 5. The monoisotopic (exact) mass is 406 g/mol. The summed E-state index contributed by atoms with van der Waals surface area (Å²) >= 11 is 0. The molecule has 162 valence electrons. The van der Waals surface area contributed by atoms with E-state index in [9.17, 15) is 9.90 Å². The zero-order chi connectivity index (χ0) is 20.9. The number of hydrogen-bond donors (Lipinski definition) is 1. The molecule has 4 fully saturated rings. The number of carbonyl (C=O) groups is 1. The zero-order valence-electron chi connectivity index (χ0n) is 18.7. The Morgan fingerprint density at radius 2 is 1.67 bits per heavy atom. The summed E-state index contributed by atoms with van der Waals surface area (Å²) in [6, 6.07) is 10.2. The van der Waals surface area contributed by atoms with Crippen LogP contribution in [-0.4, -0.2) is 17.0 Å². The Kier molecular flexibility index (Phi) is 5.21. The van der Waals surface area contributed by atoms with Crippen molar-refractivity contribution in [2.24, 2.45) is 40.4 Å². The van der Waals surface area contributed by atoms with Gasteiger partial charge in [-0.25, -0.2) is 0 Å². The molecule has 0 amide bonds. The van der Waals surface area contributed by atoms with Crippen molar-refractivity contribution in [3.05, 3.63) is 42.0 Å². The molecule has 8 atom stereocenters. The van der Waals surface area contributed by atoms with E-state index in [0.29, 0.717) is 23.0 Å². The Balaban J connectivity index is 1.34. The van der Waals surface area contributed by atoms with E-state index in [1.165, 1.54) is 38.5 Å². The number of carbonyl (C=O) groups excluding carboxylic acids is 1. The van der Waals surface area contributed by atoms with E-state index in [4.69, 9.17) is 0 Å². The molecule has 0 radical (unpaired) electrons. The van der Waals surface area contributed by atoms with Gasteiger partial charge < -0.3 is 5.11 Å². The lowest BCUT2D eigenvalue weighted by Gasteiger charge is -2.60. The predicted octanol–water partition coefficient (Wildman–Crippen LogP) is 6.29. The van der Waals surface area contributed by atoms with Crippen LogP contribution in [0.25, 0.3) is 6.08 Å². The third kappa shape index (κ3) is 3.22. The Bertz CT molecular complexity index is 813. The molecule has 0 aliphatic heterocycles. The van der Waals surface area contributed by atoms with Crippen molar-refractivity contribution < 1.29 is 9.90 Å². The third-order valence-corrected chi connectivity index (χ3v) is 10.2. The summed E-state index contributed by atoms with van der Waals surface area (Å²) in [4.78, 5) is 13.3. The number of aliphatic hydroxyl groups excluding tert-OH is 1. The molecular formula is C28H38O2. The number of ketones is 1. The van der Waals surface area contributed by atoms with Gasteiger partial charge in [0.15, 0.2) is 5.78 Å². The molecule has 4 aliphatic rings. The topological polar surface area (TPSA) is 37.3 Å². The first-order chi connectivity index (χ1) is 14.4. The molecular weight excluding hydrogens is 368 g/mol. The summed E-state index contributed by atoms with van der Waals surface area (Å²) in [5, 5.41) is 10.2. The molecule has 4 saturated carbocycles. The second-order valence-electron chi connectivity index (χ2n) is 11.4. The van der Waals surface area contributed by atoms with Crippen molar-refractivity contribution in [3.8, 4) is 0 Å². The summed E-state index contributed by atoms with van der Waals surface area (Å²) in [5.41, 5.74) is 1.70.